The van der Waals surface area contributed by atoms with Crippen LogP contribution in [-0.2, 0) is 9.68 Å². The third kappa shape index (κ3) is 2.14. The van der Waals surface area contributed by atoms with Crippen molar-refractivity contribution < 1.29 is 9.68 Å². The molecule has 0 rings (SSSR count). The number of hydrogen-bond donors (Lipinski definition) is 0. The summed E-state index contributed by atoms with van der Waals surface area (Å²) in [5.41, 5.74) is -1.99. The quantitative estimate of drug-likeness (QED) is 0.473. The molecule has 0 radical (unpaired) electrons. The average molecular weight is 176 g/mol. The van der Waals surface area contributed by atoms with E-state index in [2.05, 4.69) is 20.4 Å². The molecule has 70 valence electrons. The molecule has 0 atom stereocenters. The van der Waals surface area contributed by atoms with E-state index in [0.29, 0.717) is 0 Å². The van der Waals surface area contributed by atoms with E-state index in [9.17, 15) is 9.81 Å². The van der Waals surface area contributed by atoms with Gasteiger partial charge in [0.05, 0.1) is 0 Å². The zero-order chi connectivity index (χ0) is 9.83. The maximum atomic E-state index is 9.83. The molecule has 6 nitrogen and oxygen atoms in total. The number of hydrogen-bond acceptors (Lipinski definition) is 6. The molecule has 0 bridgehead atoms. The van der Waals surface area contributed by atoms with Crippen molar-refractivity contribution in [2.75, 3.05) is 0 Å². The minimum atomic E-state index is -0.997. The molecule has 0 aliphatic heterocycles. The first kappa shape index (κ1) is 10.8. The number of nitrogens with zero attached hydrogens (tertiary/aromatic N) is 2. The van der Waals surface area contributed by atoms with Gasteiger partial charge in [0, 0.05) is 0 Å². The Morgan fingerprint density at radius 3 is 1.25 bits per heavy atom. The van der Waals surface area contributed by atoms with Gasteiger partial charge in [-0.25, -0.2) is 0 Å². The Labute approximate surface area is 70.1 Å². The molecule has 0 fully saturated rings. The molecule has 0 saturated heterocycles. The second-order valence-electron chi connectivity index (χ2n) is 3.35. The van der Waals surface area contributed by atoms with Crippen molar-refractivity contribution in [2.24, 2.45) is 10.7 Å². The second-order valence-corrected chi connectivity index (χ2v) is 3.35. The van der Waals surface area contributed by atoms with Crippen LogP contribution < -0.4 is 0 Å². The minimum Gasteiger partial charge on any atom is -0.354 e. The summed E-state index contributed by atoms with van der Waals surface area (Å²) >= 11 is 0. The largest absolute Gasteiger partial charge is 0.354 e. The Kier molecular flexibility index (Phi) is 3.12. The normalized spacial score (nSPS) is 12.0. The van der Waals surface area contributed by atoms with Crippen molar-refractivity contribution in [3.8, 4) is 0 Å². The Bertz CT molecular complexity index is 158. The van der Waals surface area contributed by atoms with Gasteiger partial charge in [0.1, 0.15) is 0 Å². The van der Waals surface area contributed by atoms with Crippen LogP contribution in [0.1, 0.15) is 27.7 Å². The van der Waals surface area contributed by atoms with Gasteiger partial charge < -0.3 is 9.68 Å². The first-order valence-corrected chi connectivity index (χ1v) is 3.39. The molecule has 0 amide bonds. The maximum Gasteiger partial charge on any atom is 0.177 e. The molecule has 12 heavy (non-hydrogen) atoms. The second kappa shape index (κ2) is 3.46. The van der Waals surface area contributed by atoms with Gasteiger partial charge in [0.15, 0.2) is 21.9 Å². The predicted octanol–water partition coefficient (Wildman–Crippen LogP) is 1.94. The van der Waals surface area contributed by atoms with E-state index >= 15 is 0 Å². The zero-order valence-corrected chi connectivity index (χ0v) is 7.53. The van der Waals surface area contributed by atoms with E-state index < -0.39 is 11.2 Å². The van der Waals surface area contributed by atoms with Crippen LogP contribution in [0.25, 0.3) is 0 Å². The highest BCUT2D eigenvalue weighted by Crippen LogP contribution is 2.29. The van der Waals surface area contributed by atoms with Crippen LogP contribution in [0.3, 0.4) is 0 Å². The van der Waals surface area contributed by atoms with Gasteiger partial charge in [-0.05, 0) is 27.7 Å². The van der Waals surface area contributed by atoms with Gasteiger partial charge >= 0.3 is 0 Å². The lowest BCUT2D eigenvalue weighted by Crippen LogP contribution is -2.47. The Morgan fingerprint density at radius 1 is 0.833 bits per heavy atom. The summed E-state index contributed by atoms with van der Waals surface area (Å²) < 4.78 is 0. The third-order valence-corrected chi connectivity index (χ3v) is 1.98. The molecule has 0 aliphatic rings. The highest BCUT2D eigenvalue weighted by Gasteiger charge is 2.43. The molecule has 0 saturated carbocycles. The Balaban J connectivity index is 4.48. The van der Waals surface area contributed by atoms with Crippen molar-refractivity contribution >= 4 is 0 Å². The molecule has 6 heteroatoms. The van der Waals surface area contributed by atoms with Gasteiger partial charge in [-0.2, -0.15) is 0 Å². The lowest BCUT2D eigenvalue weighted by atomic mass is 9.90. The van der Waals surface area contributed by atoms with Crippen LogP contribution in [0.5, 0.6) is 0 Å². The lowest BCUT2D eigenvalue weighted by molar-refractivity contribution is -0.178. The molecular formula is C6H12N2O4. The van der Waals surface area contributed by atoms with Crippen molar-refractivity contribution in [3.63, 3.8) is 0 Å². The van der Waals surface area contributed by atoms with Gasteiger partial charge in [0.2, 0.25) is 0 Å². The van der Waals surface area contributed by atoms with Crippen molar-refractivity contribution in [1.82, 2.24) is 0 Å². The summed E-state index contributed by atoms with van der Waals surface area (Å²) in [6.45, 7) is 6.28. The minimum absolute atomic E-state index is 0.997. The smallest absolute Gasteiger partial charge is 0.177 e. The average Bonchev–Trinajstić information content (AvgIpc) is 1.86. The van der Waals surface area contributed by atoms with E-state index in [1.165, 1.54) is 0 Å². The third-order valence-electron chi connectivity index (χ3n) is 1.98. The van der Waals surface area contributed by atoms with E-state index in [-0.39, 0.29) is 0 Å². The van der Waals surface area contributed by atoms with Crippen LogP contribution in [0.4, 0.5) is 0 Å². The van der Waals surface area contributed by atoms with Crippen molar-refractivity contribution in [2.45, 2.75) is 38.9 Å². The fourth-order valence-electron chi connectivity index (χ4n) is 0.406. The van der Waals surface area contributed by atoms with Crippen LogP contribution in [0, 0.1) is 9.81 Å². The molecule has 0 unspecified atom stereocenters. The highest BCUT2D eigenvalue weighted by atomic mass is 16.8. The highest BCUT2D eigenvalue weighted by molar-refractivity contribution is 4.88. The fraction of sp³-hybridized carbons (Fsp3) is 1.00. The van der Waals surface area contributed by atoms with Crippen LogP contribution in [-0.4, -0.2) is 11.2 Å². The summed E-state index contributed by atoms with van der Waals surface area (Å²) in [6.07, 6.45) is 0. The first-order chi connectivity index (χ1) is 5.37. The van der Waals surface area contributed by atoms with Gasteiger partial charge in [-0.3, -0.25) is 0 Å². The molecular weight excluding hydrogens is 164 g/mol. The Morgan fingerprint density at radius 2 is 1.08 bits per heavy atom. The van der Waals surface area contributed by atoms with Crippen LogP contribution in [0.15, 0.2) is 10.7 Å². The Hall–Kier alpha value is -1.20. The predicted molar refractivity (Wildman–Crippen MR) is 41.9 cm³/mol. The molecule has 0 spiro atoms. The summed E-state index contributed by atoms with van der Waals surface area (Å²) in [7, 11) is 0. The standard InChI is InChI=1S/C6H12N2O4/c1-5(2,11-7-9)6(3,4)12-8-10/h1-4H3. The topological polar surface area (TPSA) is 77.3 Å². The summed E-state index contributed by atoms with van der Waals surface area (Å²) in [4.78, 5) is 28.7. The fourth-order valence-corrected chi connectivity index (χ4v) is 0.406. The van der Waals surface area contributed by atoms with E-state index in [1.807, 2.05) is 0 Å². The van der Waals surface area contributed by atoms with E-state index in [4.69, 9.17) is 0 Å². The van der Waals surface area contributed by atoms with Gasteiger partial charge in [-0.1, -0.05) is 0 Å². The zero-order valence-electron chi connectivity index (χ0n) is 7.53. The monoisotopic (exact) mass is 176 g/mol. The van der Waals surface area contributed by atoms with E-state index in [0.717, 1.165) is 0 Å². The number of rotatable bonds is 5. The lowest BCUT2D eigenvalue weighted by Gasteiger charge is -2.33. The molecule has 0 N–H and O–H groups in total. The summed E-state index contributed by atoms with van der Waals surface area (Å²) in [5, 5.41) is 4.56. The summed E-state index contributed by atoms with van der Waals surface area (Å²) in [6, 6.07) is 0. The molecule has 0 aromatic rings. The maximum absolute atomic E-state index is 9.83. The molecule has 0 heterocycles. The molecule has 0 aromatic carbocycles. The van der Waals surface area contributed by atoms with Crippen LogP contribution in [0.2, 0.25) is 0 Å². The van der Waals surface area contributed by atoms with E-state index in [1.54, 1.807) is 27.7 Å². The SMILES string of the molecule is CC(C)(ON=O)C(C)(C)ON=O. The van der Waals surface area contributed by atoms with Crippen LogP contribution >= 0.6 is 0 Å². The summed E-state index contributed by atoms with van der Waals surface area (Å²) in [5.74, 6) is 0. The van der Waals surface area contributed by atoms with Gasteiger partial charge in [-0.15, -0.1) is 9.81 Å². The first-order valence-electron chi connectivity index (χ1n) is 3.39. The van der Waals surface area contributed by atoms with Crippen molar-refractivity contribution in [3.05, 3.63) is 9.81 Å². The molecule has 0 aromatic heterocycles. The van der Waals surface area contributed by atoms with Gasteiger partial charge in [0.25, 0.3) is 0 Å². The van der Waals surface area contributed by atoms with Crippen molar-refractivity contribution in [1.29, 1.82) is 0 Å². The molecule has 0 aliphatic carbocycles.